The van der Waals surface area contributed by atoms with E-state index in [1.165, 1.54) is 0 Å². The quantitative estimate of drug-likeness (QED) is 0.689. The van der Waals surface area contributed by atoms with Crippen molar-refractivity contribution >= 4 is 5.78 Å². The number of rotatable bonds is 3. The number of alkyl halides is 3. The lowest BCUT2D eigenvalue weighted by atomic mass is 9.96. The molecule has 3 nitrogen and oxygen atoms in total. The summed E-state index contributed by atoms with van der Waals surface area (Å²) in [4.78, 5) is 13.6. The third-order valence-corrected chi connectivity index (χ3v) is 3.68. The summed E-state index contributed by atoms with van der Waals surface area (Å²) in [5.41, 5.74) is -0.145. The average molecular weight is 305 g/mol. The third kappa shape index (κ3) is 3.93. The summed E-state index contributed by atoms with van der Waals surface area (Å²) in [6, 6.07) is 3.04. The summed E-state index contributed by atoms with van der Waals surface area (Å²) in [5, 5.41) is 9.53. The van der Waals surface area contributed by atoms with Crippen LogP contribution in [0.1, 0.15) is 23.2 Å². The standard InChI is InChI=1S/C14H15F4NO2/c15-10-1-2-12(20)11(7-10)13(21)8-19-5-3-9(4-6-19)14(16,17)18/h1-2,7,9,20H,3-6,8H2. The number of aromatic hydroxyl groups is 1. The minimum absolute atomic E-state index is 0.0497. The Morgan fingerprint density at radius 2 is 1.90 bits per heavy atom. The molecule has 0 saturated carbocycles. The maximum absolute atomic E-state index is 13.1. The molecule has 0 radical (unpaired) electrons. The highest BCUT2D eigenvalue weighted by Gasteiger charge is 2.41. The van der Waals surface area contributed by atoms with Gasteiger partial charge in [-0.25, -0.2) is 4.39 Å². The molecule has 0 aliphatic carbocycles. The van der Waals surface area contributed by atoms with Gasteiger partial charge in [-0.15, -0.1) is 0 Å². The maximum Gasteiger partial charge on any atom is 0.391 e. The van der Waals surface area contributed by atoms with E-state index in [0.717, 1.165) is 18.2 Å². The number of hydrogen-bond acceptors (Lipinski definition) is 3. The minimum atomic E-state index is -4.20. The fourth-order valence-electron chi connectivity index (χ4n) is 2.44. The summed E-state index contributed by atoms with van der Waals surface area (Å²) in [7, 11) is 0. The van der Waals surface area contributed by atoms with Gasteiger partial charge in [0.2, 0.25) is 0 Å². The van der Waals surface area contributed by atoms with E-state index < -0.39 is 23.7 Å². The molecule has 1 aromatic carbocycles. The van der Waals surface area contributed by atoms with Gasteiger partial charge in [0.15, 0.2) is 5.78 Å². The highest BCUT2D eigenvalue weighted by atomic mass is 19.4. The first kappa shape index (κ1) is 15.8. The molecule has 2 rings (SSSR count). The molecule has 21 heavy (non-hydrogen) atoms. The number of ketones is 1. The van der Waals surface area contributed by atoms with Gasteiger partial charge in [0.25, 0.3) is 0 Å². The Labute approximate surface area is 119 Å². The van der Waals surface area contributed by atoms with Gasteiger partial charge < -0.3 is 5.11 Å². The zero-order chi connectivity index (χ0) is 15.6. The molecule has 1 fully saturated rings. The molecule has 0 unspecified atom stereocenters. The van der Waals surface area contributed by atoms with E-state index in [-0.39, 0.29) is 43.8 Å². The third-order valence-electron chi connectivity index (χ3n) is 3.68. The predicted molar refractivity (Wildman–Crippen MR) is 67.6 cm³/mol. The van der Waals surface area contributed by atoms with E-state index >= 15 is 0 Å². The molecule has 0 amide bonds. The van der Waals surface area contributed by atoms with Crippen molar-refractivity contribution in [3.63, 3.8) is 0 Å². The van der Waals surface area contributed by atoms with Crippen LogP contribution in [0, 0.1) is 11.7 Å². The summed E-state index contributed by atoms with van der Waals surface area (Å²) in [6.45, 7) is 0.194. The lowest BCUT2D eigenvalue weighted by Gasteiger charge is -2.32. The van der Waals surface area contributed by atoms with E-state index in [9.17, 15) is 27.5 Å². The molecule has 1 aliphatic heterocycles. The van der Waals surface area contributed by atoms with Crippen molar-refractivity contribution in [3.8, 4) is 5.75 Å². The first-order valence-electron chi connectivity index (χ1n) is 6.58. The lowest BCUT2D eigenvalue weighted by Crippen LogP contribution is -2.41. The van der Waals surface area contributed by atoms with Crippen LogP contribution in [0.2, 0.25) is 0 Å². The van der Waals surface area contributed by atoms with E-state index in [4.69, 9.17) is 0 Å². The van der Waals surface area contributed by atoms with Crippen LogP contribution >= 0.6 is 0 Å². The number of phenolic OH excluding ortho intramolecular Hbond substituents is 1. The highest BCUT2D eigenvalue weighted by Crippen LogP contribution is 2.34. The number of carbonyl (C=O) groups is 1. The van der Waals surface area contributed by atoms with E-state index in [1.54, 1.807) is 4.90 Å². The molecule has 1 saturated heterocycles. The number of carbonyl (C=O) groups excluding carboxylic acids is 1. The number of Topliss-reactive ketones (excluding diaryl/α,β-unsaturated/α-hetero) is 1. The van der Waals surface area contributed by atoms with Crippen LogP contribution < -0.4 is 0 Å². The fraction of sp³-hybridized carbons (Fsp3) is 0.500. The number of hydrogen-bond donors (Lipinski definition) is 1. The molecule has 0 atom stereocenters. The number of phenols is 1. The van der Waals surface area contributed by atoms with Crippen LogP contribution in [0.4, 0.5) is 17.6 Å². The van der Waals surface area contributed by atoms with Crippen molar-refractivity contribution in [1.29, 1.82) is 0 Å². The molecular weight excluding hydrogens is 290 g/mol. The molecule has 0 bridgehead atoms. The average Bonchev–Trinajstić information content (AvgIpc) is 2.41. The van der Waals surface area contributed by atoms with Crippen LogP contribution in [0.25, 0.3) is 0 Å². The van der Waals surface area contributed by atoms with Gasteiger partial charge in [-0.2, -0.15) is 13.2 Å². The van der Waals surface area contributed by atoms with Crippen molar-refractivity contribution in [3.05, 3.63) is 29.6 Å². The Kier molecular flexibility index (Phi) is 4.51. The van der Waals surface area contributed by atoms with Gasteiger partial charge in [-0.3, -0.25) is 9.69 Å². The van der Waals surface area contributed by atoms with Crippen LogP contribution in [0.5, 0.6) is 5.75 Å². The minimum Gasteiger partial charge on any atom is -0.507 e. The van der Waals surface area contributed by atoms with Crippen molar-refractivity contribution in [2.75, 3.05) is 19.6 Å². The second kappa shape index (κ2) is 6.01. The number of piperidine rings is 1. The monoisotopic (exact) mass is 305 g/mol. The second-order valence-electron chi connectivity index (χ2n) is 5.18. The summed E-state index contributed by atoms with van der Waals surface area (Å²) >= 11 is 0. The second-order valence-corrected chi connectivity index (χ2v) is 5.18. The maximum atomic E-state index is 13.1. The zero-order valence-electron chi connectivity index (χ0n) is 11.2. The summed E-state index contributed by atoms with van der Waals surface area (Å²) < 4.78 is 50.7. The van der Waals surface area contributed by atoms with Gasteiger partial charge in [-0.05, 0) is 44.1 Å². The van der Waals surface area contributed by atoms with E-state index in [0.29, 0.717) is 0 Å². The zero-order valence-corrected chi connectivity index (χ0v) is 11.2. The molecule has 1 aliphatic rings. The molecule has 7 heteroatoms. The first-order valence-corrected chi connectivity index (χ1v) is 6.58. The Morgan fingerprint density at radius 3 is 2.48 bits per heavy atom. The molecule has 1 heterocycles. The smallest absolute Gasteiger partial charge is 0.391 e. The van der Waals surface area contributed by atoms with Crippen LogP contribution in [0.3, 0.4) is 0 Å². The van der Waals surface area contributed by atoms with Crippen LogP contribution in [-0.4, -0.2) is 41.6 Å². The van der Waals surface area contributed by atoms with Crippen molar-refractivity contribution in [1.82, 2.24) is 4.90 Å². The number of nitrogens with zero attached hydrogens (tertiary/aromatic N) is 1. The van der Waals surface area contributed by atoms with Gasteiger partial charge >= 0.3 is 6.18 Å². The normalized spacial score (nSPS) is 17.9. The van der Waals surface area contributed by atoms with Crippen molar-refractivity contribution in [2.24, 2.45) is 5.92 Å². The fourth-order valence-corrected chi connectivity index (χ4v) is 2.44. The topological polar surface area (TPSA) is 40.5 Å². The molecule has 0 spiro atoms. The van der Waals surface area contributed by atoms with Crippen molar-refractivity contribution in [2.45, 2.75) is 19.0 Å². The van der Waals surface area contributed by atoms with Crippen molar-refractivity contribution < 1.29 is 27.5 Å². The van der Waals surface area contributed by atoms with Gasteiger partial charge in [-0.1, -0.05) is 0 Å². The Morgan fingerprint density at radius 1 is 1.29 bits per heavy atom. The molecule has 1 N–H and O–H groups in total. The van der Waals surface area contributed by atoms with E-state index in [1.807, 2.05) is 0 Å². The van der Waals surface area contributed by atoms with Crippen LogP contribution in [0.15, 0.2) is 18.2 Å². The predicted octanol–water partition coefficient (Wildman–Crippen LogP) is 2.99. The first-order chi connectivity index (χ1) is 9.77. The van der Waals surface area contributed by atoms with Gasteiger partial charge in [0, 0.05) is 0 Å². The lowest BCUT2D eigenvalue weighted by molar-refractivity contribution is -0.184. The Hall–Kier alpha value is -1.63. The van der Waals surface area contributed by atoms with Crippen LogP contribution in [-0.2, 0) is 0 Å². The molecule has 116 valence electrons. The van der Waals surface area contributed by atoms with Gasteiger partial charge in [0.05, 0.1) is 18.0 Å². The molecule has 0 aromatic heterocycles. The number of likely N-dealkylation sites (tertiary alicyclic amines) is 1. The number of benzene rings is 1. The largest absolute Gasteiger partial charge is 0.507 e. The van der Waals surface area contributed by atoms with Gasteiger partial charge in [0.1, 0.15) is 11.6 Å². The SMILES string of the molecule is O=C(CN1CCC(C(F)(F)F)CC1)c1cc(F)ccc1O. The Balaban J connectivity index is 1.94. The van der Waals surface area contributed by atoms with E-state index in [2.05, 4.69) is 0 Å². The molecular formula is C14H15F4NO2. The molecule has 1 aromatic rings. The summed E-state index contributed by atoms with van der Waals surface area (Å²) in [6.07, 6.45) is -4.30. The number of halogens is 4. The summed E-state index contributed by atoms with van der Waals surface area (Å²) in [5.74, 6) is -2.80. The highest BCUT2D eigenvalue weighted by molar-refractivity contribution is 6.00. The Bertz CT molecular complexity index is 522.